The van der Waals surface area contributed by atoms with E-state index in [1.54, 1.807) is 6.26 Å². The van der Waals surface area contributed by atoms with Crippen LogP contribution in [0.4, 0.5) is 28.9 Å². The number of nitro groups is 1. The van der Waals surface area contributed by atoms with Crippen LogP contribution < -0.4 is 10.9 Å². The summed E-state index contributed by atoms with van der Waals surface area (Å²) in [6.45, 7) is 0. The predicted molar refractivity (Wildman–Crippen MR) is 104 cm³/mol. The number of rotatable bonds is 6. The first kappa shape index (κ1) is 22.1. The predicted octanol–water partition coefficient (Wildman–Crippen LogP) is 4.42. The van der Waals surface area contributed by atoms with Gasteiger partial charge in [0.1, 0.15) is 17.2 Å². The maximum atomic E-state index is 13.2. The molecule has 0 spiro atoms. The first-order valence-corrected chi connectivity index (χ1v) is 9.64. The lowest BCUT2D eigenvalue weighted by Crippen LogP contribution is -2.31. The van der Waals surface area contributed by atoms with Crippen LogP contribution >= 0.6 is 11.8 Å². The van der Waals surface area contributed by atoms with Crippen molar-refractivity contribution in [2.45, 2.75) is 11.3 Å². The fraction of sp³-hybridized carbons (Fsp3) is 0.111. The number of aromatic nitrogens is 2. The van der Waals surface area contributed by atoms with Crippen LogP contribution in [0.2, 0.25) is 0 Å². The van der Waals surface area contributed by atoms with Crippen molar-refractivity contribution in [2.75, 3.05) is 11.7 Å². The number of hydrazine groups is 1. The van der Waals surface area contributed by atoms with E-state index in [1.807, 2.05) is 0 Å². The summed E-state index contributed by atoms with van der Waals surface area (Å²) in [6, 6.07) is 7.12. The minimum absolute atomic E-state index is 0.0121. The Hall–Kier alpha value is -3.61. The van der Waals surface area contributed by atoms with Crippen LogP contribution in [0.25, 0.3) is 5.69 Å². The maximum absolute atomic E-state index is 13.2. The number of carbonyl (C=O) groups excluding carboxylic acids is 1. The van der Waals surface area contributed by atoms with Crippen molar-refractivity contribution in [2.24, 2.45) is 0 Å². The van der Waals surface area contributed by atoms with Gasteiger partial charge < -0.3 is 0 Å². The molecule has 3 aromatic rings. The first-order chi connectivity index (χ1) is 14.6. The standard InChI is InChI=1S/C18H13F4N5O3S/c1-31-17-23-9-15(26(17)12-5-3-11(19)4-6-12)16(28)25-24-13-7-2-10(18(20,21)22)8-14(13)27(29)30/h2-9,24H,1H3,(H,25,28). The third kappa shape index (κ3) is 4.77. The van der Waals surface area contributed by atoms with Crippen LogP contribution in [0.15, 0.2) is 53.8 Å². The van der Waals surface area contributed by atoms with E-state index in [9.17, 15) is 32.5 Å². The Balaban J connectivity index is 1.88. The Morgan fingerprint density at radius 1 is 1.19 bits per heavy atom. The molecule has 0 unspecified atom stereocenters. The van der Waals surface area contributed by atoms with Crippen LogP contribution in [0.3, 0.4) is 0 Å². The molecule has 31 heavy (non-hydrogen) atoms. The van der Waals surface area contributed by atoms with Crippen LogP contribution in [0.1, 0.15) is 16.1 Å². The summed E-state index contributed by atoms with van der Waals surface area (Å²) < 4.78 is 53.1. The molecule has 2 aromatic carbocycles. The highest BCUT2D eigenvalue weighted by molar-refractivity contribution is 7.98. The van der Waals surface area contributed by atoms with Crippen molar-refractivity contribution < 1.29 is 27.3 Å². The highest BCUT2D eigenvalue weighted by Crippen LogP contribution is 2.34. The normalized spacial score (nSPS) is 11.3. The van der Waals surface area contributed by atoms with E-state index in [-0.39, 0.29) is 11.4 Å². The van der Waals surface area contributed by atoms with E-state index < -0.39 is 34.1 Å². The zero-order chi connectivity index (χ0) is 22.8. The van der Waals surface area contributed by atoms with Gasteiger partial charge in [-0.25, -0.2) is 9.37 Å². The second-order valence-electron chi connectivity index (χ2n) is 6.01. The lowest BCUT2D eigenvalue weighted by molar-refractivity contribution is -0.384. The molecule has 162 valence electrons. The third-order valence-electron chi connectivity index (χ3n) is 4.06. The van der Waals surface area contributed by atoms with Gasteiger partial charge in [0, 0.05) is 11.8 Å². The summed E-state index contributed by atoms with van der Waals surface area (Å²) >= 11 is 1.22. The van der Waals surface area contributed by atoms with Crippen LogP contribution in [0, 0.1) is 15.9 Å². The van der Waals surface area contributed by atoms with Gasteiger partial charge in [0.05, 0.1) is 16.7 Å². The molecule has 1 amide bonds. The van der Waals surface area contributed by atoms with Crippen LogP contribution in [0.5, 0.6) is 0 Å². The summed E-state index contributed by atoms with van der Waals surface area (Å²) in [5.74, 6) is -1.25. The van der Waals surface area contributed by atoms with E-state index in [0.29, 0.717) is 23.0 Å². The monoisotopic (exact) mass is 455 g/mol. The molecule has 0 saturated carbocycles. The van der Waals surface area contributed by atoms with Gasteiger partial charge in [-0.3, -0.25) is 30.3 Å². The molecule has 8 nitrogen and oxygen atoms in total. The summed E-state index contributed by atoms with van der Waals surface area (Å²) in [6.07, 6.45) is -1.80. The van der Waals surface area contributed by atoms with E-state index >= 15 is 0 Å². The van der Waals surface area contributed by atoms with Gasteiger partial charge in [-0.05, 0) is 42.7 Å². The van der Waals surface area contributed by atoms with Crippen molar-refractivity contribution in [1.82, 2.24) is 15.0 Å². The number of carbonyl (C=O) groups is 1. The number of halogens is 4. The average Bonchev–Trinajstić information content (AvgIpc) is 3.16. The minimum atomic E-state index is -4.76. The highest BCUT2D eigenvalue weighted by atomic mass is 32.2. The van der Waals surface area contributed by atoms with Gasteiger partial charge in [0.2, 0.25) is 0 Å². The number of anilines is 1. The fourth-order valence-corrected chi connectivity index (χ4v) is 3.18. The minimum Gasteiger partial charge on any atom is -0.292 e. The van der Waals surface area contributed by atoms with Crippen molar-refractivity contribution in [3.05, 3.63) is 75.9 Å². The average molecular weight is 455 g/mol. The second kappa shape index (κ2) is 8.63. The molecule has 0 aliphatic carbocycles. The zero-order valence-electron chi connectivity index (χ0n) is 15.6. The van der Waals surface area contributed by atoms with Crippen molar-refractivity contribution in [3.63, 3.8) is 0 Å². The molecule has 2 N–H and O–H groups in total. The van der Waals surface area contributed by atoms with E-state index in [2.05, 4.69) is 15.8 Å². The first-order valence-electron chi connectivity index (χ1n) is 8.41. The molecular formula is C18H13F4N5O3S. The molecule has 0 atom stereocenters. The largest absolute Gasteiger partial charge is 0.416 e. The van der Waals surface area contributed by atoms with Gasteiger partial charge in [0.15, 0.2) is 5.16 Å². The van der Waals surface area contributed by atoms with Gasteiger partial charge in [-0.2, -0.15) is 13.2 Å². The van der Waals surface area contributed by atoms with Crippen molar-refractivity contribution in [1.29, 1.82) is 0 Å². The van der Waals surface area contributed by atoms with Gasteiger partial charge in [-0.1, -0.05) is 11.8 Å². The Bertz CT molecular complexity index is 1130. The lowest BCUT2D eigenvalue weighted by Gasteiger charge is -2.13. The number of thioether (sulfide) groups is 1. The van der Waals surface area contributed by atoms with E-state index in [4.69, 9.17) is 0 Å². The van der Waals surface area contributed by atoms with Gasteiger partial charge in [0.25, 0.3) is 11.6 Å². The number of hydrogen-bond donors (Lipinski definition) is 2. The summed E-state index contributed by atoms with van der Waals surface area (Å²) in [5, 5.41) is 11.6. The van der Waals surface area contributed by atoms with Gasteiger partial charge >= 0.3 is 6.18 Å². The molecule has 3 rings (SSSR count). The van der Waals surface area contributed by atoms with E-state index in [1.165, 1.54) is 46.8 Å². The molecule has 1 aromatic heterocycles. The topological polar surface area (TPSA) is 102 Å². The smallest absolute Gasteiger partial charge is 0.292 e. The maximum Gasteiger partial charge on any atom is 0.416 e. The van der Waals surface area contributed by atoms with Crippen LogP contribution in [-0.2, 0) is 6.18 Å². The number of imidazole rings is 1. The van der Waals surface area contributed by atoms with Crippen molar-refractivity contribution in [3.8, 4) is 5.69 Å². The molecule has 1 heterocycles. The molecule has 0 fully saturated rings. The number of nitro benzene ring substituents is 1. The molecular weight excluding hydrogens is 442 g/mol. The zero-order valence-corrected chi connectivity index (χ0v) is 16.4. The fourth-order valence-electron chi connectivity index (χ4n) is 2.63. The Morgan fingerprint density at radius 2 is 1.87 bits per heavy atom. The number of benzene rings is 2. The number of amides is 1. The molecule has 0 aliphatic heterocycles. The summed E-state index contributed by atoms with van der Waals surface area (Å²) in [7, 11) is 0. The van der Waals surface area contributed by atoms with Gasteiger partial charge in [-0.15, -0.1) is 0 Å². The SMILES string of the molecule is CSc1ncc(C(=O)NNc2ccc(C(F)(F)F)cc2[N+](=O)[O-])n1-c1ccc(F)cc1. The Kier molecular flexibility index (Phi) is 6.15. The van der Waals surface area contributed by atoms with Crippen molar-refractivity contribution >= 4 is 29.0 Å². The Labute approximate surface area is 176 Å². The number of alkyl halides is 3. The molecule has 0 bridgehead atoms. The second-order valence-corrected chi connectivity index (χ2v) is 6.78. The summed E-state index contributed by atoms with van der Waals surface area (Å²) in [5.41, 5.74) is 2.52. The number of nitrogens with one attached hydrogen (secondary N) is 2. The molecule has 0 saturated heterocycles. The van der Waals surface area contributed by atoms with Crippen LogP contribution in [-0.4, -0.2) is 26.6 Å². The van der Waals surface area contributed by atoms with E-state index in [0.717, 1.165) is 6.07 Å². The lowest BCUT2D eigenvalue weighted by atomic mass is 10.1. The molecule has 0 radical (unpaired) electrons. The number of hydrogen-bond acceptors (Lipinski definition) is 6. The summed E-state index contributed by atoms with van der Waals surface area (Å²) in [4.78, 5) is 26.9. The third-order valence-corrected chi connectivity index (χ3v) is 4.72. The Morgan fingerprint density at radius 3 is 2.45 bits per heavy atom. The quantitative estimate of drug-likeness (QED) is 0.247. The molecule has 13 heteroatoms. The number of nitrogens with zero attached hydrogens (tertiary/aromatic N) is 3. The molecule has 0 aliphatic rings. The highest BCUT2D eigenvalue weighted by Gasteiger charge is 2.33.